The van der Waals surface area contributed by atoms with Gasteiger partial charge in [-0.25, -0.2) is 4.39 Å². The smallest absolute Gasteiger partial charge is 0.293 e. The number of halogens is 1. The lowest BCUT2D eigenvalue weighted by Crippen LogP contribution is -2.59. The maximum atomic E-state index is 13.0. The molecule has 0 unspecified atom stereocenters. The largest absolute Gasteiger partial charge is 0.381 e. The molecule has 2 aromatic rings. The zero-order valence-electron chi connectivity index (χ0n) is 12.9. The van der Waals surface area contributed by atoms with Gasteiger partial charge in [-0.1, -0.05) is 12.1 Å². The van der Waals surface area contributed by atoms with E-state index in [1.807, 2.05) is 0 Å². The molecule has 24 heavy (non-hydrogen) atoms. The molecule has 1 N–H and O–H groups in total. The first-order chi connectivity index (χ1) is 11.3. The Labute approximate surface area is 137 Å². The van der Waals surface area contributed by atoms with E-state index in [1.165, 1.54) is 49.4 Å². The Bertz CT molecular complexity index is 814. The fraction of sp³-hybridized carbons (Fsp3) is 0.235. The summed E-state index contributed by atoms with van der Waals surface area (Å²) in [6, 6.07) is 9.81. The highest BCUT2D eigenvalue weighted by molar-refractivity contribution is 5.95. The highest BCUT2D eigenvalue weighted by atomic mass is 19.1. The molecule has 1 heterocycles. The van der Waals surface area contributed by atoms with E-state index < -0.39 is 16.3 Å². The predicted molar refractivity (Wildman–Crippen MR) is 85.6 cm³/mol. The number of rotatable bonds is 4. The van der Waals surface area contributed by atoms with Crippen LogP contribution in [0.5, 0.6) is 0 Å². The van der Waals surface area contributed by atoms with Gasteiger partial charge in [0.25, 0.3) is 5.69 Å². The van der Waals surface area contributed by atoms with Gasteiger partial charge in [0.2, 0.25) is 0 Å². The van der Waals surface area contributed by atoms with Crippen molar-refractivity contribution in [3.8, 4) is 0 Å². The van der Waals surface area contributed by atoms with Crippen LogP contribution in [-0.2, 0) is 5.60 Å². The van der Waals surface area contributed by atoms with Crippen molar-refractivity contribution in [2.75, 3.05) is 18.0 Å². The summed E-state index contributed by atoms with van der Waals surface area (Å²) < 4.78 is 13.0. The molecule has 2 aromatic carbocycles. The molecule has 0 radical (unpaired) electrons. The minimum Gasteiger partial charge on any atom is -0.381 e. The van der Waals surface area contributed by atoms with Crippen molar-refractivity contribution >= 4 is 17.2 Å². The van der Waals surface area contributed by atoms with Crippen LogP contribution in [-0.4, -0.2) is 28.9 Å². The van der Waals surface area contributed by atoms with E-state index in [1.54, 1.807) is 4.90 Å². The maximum absolute atomic E-state index is 13.0. The highest BCUT2D eigenvalue weighted by Crippen LogP contribution is 2.39. The van der Waals surface area contributed by atoms with Crippen LogP contribution in [0.1, 0.15) is 22.8 Å². The number of nitrogens with zero attached hydrogens (tertiary/aromatic N) is 2. The molecule has 0 atom stereocenters. The van der Waals surface area contributed by atoms with Crippen molar-refractivity contribution in [3.05, 3.63) is 69.5 Å². The number of carbonyl (C=O) groups is 1. The van der Waals surface area contributed by atoms with Crippen molar-refractivity contribution in [1.82, 2.24) is 0 Å². The molecule has 0 aromatic heterocycles. The normalized spacial score (nSPS) is 15.7. The van der Waals surface area contributed by atoms with E-state index in [0.717, 1.165) is 0 Å². The number of aliphatic hydroxyl groups is 1. The van der Waals surface area contributed by atoms with Gasteiger partial charge in [0, 0.05) is 11.6 Å². The van der Waals surface area contributed by atoms with Gasteiger partial charge in [-0.15, -0.1) is 0 Å². The number of benzene rings is 2. The van der Waals surface area contributed by atoms with E-state index in [-0.39, 0.29) is 30.1 Å². The molecule has 1 fully saturated rings. The summed E-state index contributed by atoms with van der Waals surface area (Å²) in [4.78, 5) is 23.8. The van der Waals surface area contributed by atoms with Gasteiger partial charge >= 0.3 is 0 Å². The Morgan fingerprint density at radius 1 is 1.25 bits per heavy atom. The average molecular weight is 330 g/mol. The zero-order valence-corrected chi connectivity index (χ0v) is 12.9. The molecule has 1 aliphatic heterocycles. The zero-order chi connectivity index (χ0) is 17.5. The van der Waals surface area contributed by atoms with Gasteiger partial charge in [0.05, 0.1) is 18.0 Å². The third kappa shape index (κ3) is 2.74. The van der Waals surface area contributed by atoms with Gasteiger partial charge in [0.15, 0.2) is 5.78 Å². The van der Waals surface area contributed by atoms with Crippen LogP contribution in [0.4, 0.5) is 15.8 Å². The van der Waals surface area contributed by atoms with Gasteiger partial charge in [-0.2, -0.15) is 0 Å². The first-order valence-electron chi connectivity index (χ1n) is 7.33. The monoisotopic (exact) mass is 330 g/mol. The number of anilines is 1. The SMILES string of the molecule is CC(=O)c1ccc(N2CC(O)(c3ccc(F)cc3)C2)c([N+](=O)[O-])c1. The van der Waals surface area contributed by atoms with E-state index in [4.69, 9.17) is 0 Å². The molecule has 7 heteroatoms. The summed E-state index contributed by atoms with van der Waals surface area (Å²) in [5, 5.41) is 21.9. The summed E-state index contributed by atoms with van der Waals surface area (Å²) >= 11 is 0. The number of hydrogen-bond acceptors (Lipinski definition) is 5. The van der Waals surface area contributed by atoms with Gasteiger partial charge in [0.1, 0.15) is 17.1 Å². The molecule has 3 rings (SSSR count). The van der Waals surface area contributed by atoms with Gasteiger partial charge in [-0.05, 0) is 36.8 Å². The standard InChI is InChI=1S/C17H15FN2O4/c1-11(21)12-2-7-15(16(8-12)20(23)24)19-9-17(22,10-19)13-3-5-14(18)6-4-13/h2-8,22H,9-10H2,1H3. The molecule has 6 nitrogen and oxygen atoms in total. The second kappa shape index (κ2) is 5.68. The number of nitro benzene ring substituents is 1. The number of nitro groups is 1. The minimum atomic E-state index is -1.18. The number of ketones is 1. The molecule has 0 bridgehead atoms. The quantitative estimate of drug-likeness (QED) is 0.529. The maximum Gasteiger partial charge on any atom is 0.293 e. The number of Topliss-reactive ketones (excluding diaryl/α,β-unsaturated/α-hetero) is 1. The number of carbonyl (C=O) groups excluding carboxylic acids is 1. The van der Waals surface area contributed by atoms with Crippen molar-refractivity contribution in [3.63, 3.8) is 0 Å². The van der Waals surface area contributed by atoms with Crippen LogP contribution in [0.3, 0.4) is 0 Å². The molecule has 1 saturated heterocycles. The topological polar surface area (TPSA) is 83.7 Å². The molecular formula is C17H15FN2O4. The van der Waals surface area contributed by atoms with Gasteiger partial charge in [-0.3, -0.25) is 14.9 Å². The van der Waals surface area contributed by atoms with Crippen LogP contribution >= 0.6 is 0 Å². The Balaban J connectivity index is 1.86. The molecule has 124 valence electrons. The Hall–Kier alpha value is -2.80. The summed E-state index contributed by atoms with van der Waals surface area (Å²) in [7, 11) is 0. The Morgan fingerprint density at radius 3 is 2.42 bits per heavy atom. The summed E-state index contributed by atoms with van der Waals surface area (Å²) in [6.45, 7) is 1.65. The number of hydrogen-bond donors (Lipinski definition) is 1. The summed E-state index contributed by atoms with van der Waals surface area (Å²) in [5.74, 6) is -0.648. The second-order valence-electron chi connectivity index (χ2n) is 5.91. The summed E-state index contributed by atoms with van der Waals surface area (Å²) in [5.41, 5.74) is -0.190. The fourth-order valence-electron chi connectivity index (χ4n) is 2.85. The minimum absolute atomic E-state index is 0.152. The lowest BCUT2D eigenvalue weighted by molar-refractivity contribution is -0.384. The third-order valence-corrected chi connectivity index (χ3v) is 4.21. The van der Waals surface area contributed by atoms with Crippen molar-refractivity contribution in [1.29, 1.82) is 0 Å². The second-order valence-corrected chi connectivity index (χ2v) is 5.91. The molecule has 0 saturated carbocycles. The van der Waals surface area contributed by atoms with E-state index in [9.17, 15) is 24.4 Å². The lowest BCUT2D eigenvalue weighted by atomic mass is 9.85. The van der Waals surface area contributed by atoms with Crippen LogP contribution in [0, 0.1) is 15.9 Å². The first-order valence-corrected chi connectivity index (χ1v) is 7.33. The Morgan fingerprint density at radius 2 is 1.88 bits per heavy atom. The average Bonchev–Trinajstić information content (AvgIpc) is 2.51. The molecule has 1 aliphatic rings. The first kappa shape index (κ1) is 16.1. The van der Waals surface area contributed by atoms with Crippen LogP contribution in [0.25, 0.3) is 0 Å². The predicted octanol–water partition coefficient (Wildman–Crippen LogP) is 2.64. The van der Waals surface area contributed by atoms with Crippen LogP contribution < -0.4 is 4.90 Å². The van der Waals surface area contributed by atoms with E-state index in [0.29, 0.717) is 11.3 Å². The molecular weight excluding hydrogens is 315 g/mol. The summed E-state index contributed by atoms with van der Waals surface area (Å²) in [6.07, 6.45) is 0. The van der Waals surface area contributed by atoms with E-state index in [2.05, 4.69) is 0 Å². The van der Waals surface area contributed by atoms with Crippen molar-refractivity contribution in [2.45, 2.75) is 12.5 Å². The molecule has 0 aliphatic carbocycles. The Kier molecular flexibility index (Phi) is 3.81. The highest BCUT2D eigenvalue weighted by Gasteiger charge is 2.44. The molecule has 0 amide bonds. The fourth-order valence-corrected chi connectivity index (χ4v) is 2.85. The third-order valence-electron chi connectivity index (χ3n) is 4.21. The number of β-amino-alcohol motifs (C(OH)–C–C–N with tert-alkyl or cyclic N) is 1. The van der Waals surface area contributed by atoms with Crippen molar-refractivity contribution < 1.29 is 19.2 Å². The van der Waals surface area contributed by atoms with Crippen LogP contribution in [0.15, 0.2) is 42.5 Å². The van der Waals surface area contributed by atoms with E-state index >= 15 is 0 Å². The lowest BCUT2D eigenvalue weighted by Gasteiger charge is -2.47. The van der Waals surface area contributed by atoms with Crippen molar-refractivity contribution in [2.24, 2.45) is 0 Å². The van der Waals surface area contributed by atoms with Gasteiger partial charge < -0.3 is 10.0 Å². The van der Waals surface area contributed by atoms with Crippen LogP contribution in [0.2, 0.25) is 0 Å². The molecule has 0 spiro atoms.